The minimum atomic E-state index is -0.0817. The first-order valence-electron chi connectivity index (χ1n) is 8.26. The van der Waals surface area contributed by atoms with E-state index in [0.29, 0.717) is 5.82 Å². The van der Waals surface area contributed by atoms with Crippen LogP contribution < -0.4 is 11.1 Å². The molecule has 2 rings (SSSR count). The third kappa shape index (κ3) is 4.32. The molecule has 1 aromatic heterocycles. The molecule has 1 aliphatic carbocycles. The number of nitrogens with one attached hydrogen (secondary N) is 1. The van der Waals surface area contributed by atoms with Gasteiger partial charge in [-0.2, -0.15) is 0 Å². The van der Waals surface area contributed by atoms with Crippen molar-refractivity contribution >= 4 is 11.6 Å². The van der Waals surface area contributed by atoms with E-state index in [2.05, 4.69) is 36.1 Å². The number of hydrogen-bond acceptors (Lipinski definition) is 4. The van der Waals surface area contributed by atoms with Crippen LogP contribution in [0.15, 0.2) is 0 Å². The van der Waals surface area contributed by atoms with E-state index in [4.69, 9.17) is 5.73 Å². The van der Waals surface area contributed by atoms with E-state index in [0.717, 1.165) is 29.7 Å². The van der Waals surface area contributed by atoms with Crippen LogP contribution in [0.4, 0.5) is 11.6 Å². The molecule has 1 aromatic rings. The van der Waals surface area contributed by atoms with E-state index in [-0.39, 0.29) is 5.41 Å². The van der Waals surface area contributed by atoms with Crippen LogP contribution in [0.1, 0.15) is 70.7 Å². The Morgan fingerprint density at radius 3 is 2.43 bits per heavy atom. The van der Waals surface area contributed by atoms with Crippen LogP contribution in [0, 0.1) is 12.8 Å². The molecule has 118 valence electrons. The number of nitrogen functional groups attached to an aromatic ring is 1. The molecule has 0 amide bonds. The van der Waals surface area contributed by atoms with E-state index in [9.17, 15) is 0 Å². The van der Waals surface area contributed by atoms with E-state index in [1.54, 1.807) is 0 Å². The van der Waals surface area contributed by atoms with Crippen molar-refractivity contribution in [3.05, 3.63) is 11.4 Å². The Balaban J connectivity index is 2.00. The highest BCUT2D eigenvalue weighted by molar-refractivity contribution is 5.55. The summed E-state index contributed by atoms with van der Waals surface area (Å²) >= 11 is 0. The molecule has 1 aliphatic rings. The van der Waals surface area contributed by atoms with Gasteiger partial charge in [0.25, 0.3) is 0 Å². The molecular formula is C17H30N4. The fourth-order valence-electron chi connectivity index (χ4n) is 2.91. The minimum absolute atomic E-state index is 0.0817. The fourth-order valence-corrected chi connectivity index (χ4v) is 2.91. The van der Waals surface area contributed by atoms with Gasteiger partial charge in [0.15, 0.2) is 0 Å². The molecular weight excluding hydrogens is 260 g/mol. The molecule has 0 bridgehead atoms. The standard InChI is InChI=1S/C17H30N4/c1-12-14(18)20-16(17(2,3)4)21-15(12)19-11-10-13-8-6-5-7-9-13/h13H,5-11H2,1-4H3,(H3,18,19,20,21). The van der Waals surface area contributed by atoms with Gasteiger partial charge in [-0.05, 0) is 19.3 Å². The second-order valence-electron chi connectivity index (χ2n) is 7.38. The van der Waals surface area contributed by atoms with Crippen molar-refractivity contribution in [3.63, 3.8) is 0 Å². The third-order valence-corrected chi connectivity index (χ3v) is 4.42. The van der Waals surface area contributed by atoms with Gasteiger partial charge in [-0.15, -0.1) is 0 Å². The zero-order valence-corrected chi connectivity index (χ0v) is 14.0. The van der Waals surface area contributed by atoms with Crippen molar-refractivity contribution in [2.75, 3.05) is 17.6 Å². The van der Waals surface area contributed by atoms with E-state index in [1.165, 1.54) is 38.5 Å². The second kappa shape index (κ2) is 6.63. The summed E-state index contributed by atoms with van der Waals surface area (Å²) in [5, 5.41) is 3.48. The Morgan fingerprint density at radius 2 is 1.81 bits per heavy atom. The number of nitrogens with zero attached hydrogens (tertiary/aromatic N) is 2. The number of aromatic nitrogens is 2. The largest absolute Gasteiger partial charge is 0.383 e. The molecule has 0 radical (unpaired) electrons. The Kier molecular flexibility index (Phi) is 5.07. The molecule has 0 atom stereocenters. The van der Waals surface area contributed by atoms with Gasteiger partial charge in [-0.3, -0.25) is 0 Å². The van der Waals surface area contributed by atoms with Crippen molar-refractivity contribution in [2.45, 2.75) is 71.6 Å². The molecule has 0 saturated heterocycles. The quantitative estimate of drug-likeness (QED) is 0.878. The molecule has 1 fully saturated rings. The smallest absolute Gasteiger partial charge is 0.138 e. The summed E-state index contributed by atoms with van der Waals surface area (Å²) < 4.78 is 0. The summed E-state index contributed by atoms with van der Waals surface area (Å²) in [5.41, 5.74) is 6.92. The summed E-state index contributed by atoms with van der Waals surface area (Å²) in [4.78, 5) is 9.11. The first-order valence-corrected chi connectivity index (χ1v) is 8.26. The molecule has 21 heavy (non-hydrogen) atoms. The van der Waals surface area contributed by atoms with E-state index in [1.807, 2.05) is 6.92 Å². The lowest BCUT2D eigenvalue weighted by Gasteiger charge is -2.23. The van der Waals surface area contributed by atoms with Crippen molar-refractivity contribution in [1.29, 1.82) is 0 Å². The maximum atomic E-state index is 6.04. The molecule has 0 aliphatic heterocycles. The second-order valence-corrected chi connectivity index (χ2v) is 7.38. The highest BCUT2D eigenvalue weighted by Crippen LogP contribution is 2.27. The molecule has 1 heterocycles. The lowest BCUT2D eigenvalue weighted by Crippen LogP contribution is -2.20. The molecule has 1 saturated carbocycles. The van der Waals surface area contributed by atoms with Crippen LogP contribution >= 0.6 is 0 Å². The fraction of sp³-hybridized carbons (Fsp3) is 0.765. The van der Waals surface area contributed by atoms with Gasteiger partial charge in [0.2, 0.25) is 0 Å². The van der Waals surface area contributed by atoms with Gasteiger partial charge in [-0.25, -0.2) is 9.97 Å². The van der Waals surface area contributed by atoms with Gasteiger partial charge >= 0.3 is 0 Å². The van der Waals surface area contributed by atoms with E-state index >= 15 is 0 Å². The van der Waals surface area contributed by atoms with Crippen molar-refractivity contribution in [3.8, 4) is 0 Å². The SMILES string of the molecule is Cc1c(N)nc(C(C)(C)C)nc1NCCC1CCCCC1. The average molecular weight is 290 g/mol. The molecule has 4 heteroatoms. The summed E-state index contributed by atoms with van der Waals surface area (Å²) in [5.74, 6) is 3.19. The summed E-state index contributed by atoms with van der Waals surface area (Å²) in [6.07, 6.45) is 8.23. The predicted molar refractivity (Wildman–Crippen MR) is 89.6 cm³/mol. The predicted octanol–water partition coefficient (Wildman–Crippen LogP) is 4.05. The normalized spacial score (nSPS) is 17.0. The van der Waals surface area contributed by atoms with Crippen LogP contribution in [0.25, 0.3) is 0 Å². The highest BCUT2D eigenvalue weighted by Gasteiger charge is 2.20. The zero-order chi connectivity index (χ0) is 15.5. The first-order chi connectivity index (χ1) is 9.88. The van der Waals surface area contributed by atoms with Crippen LogP contribution in [0.3, 0.4) is 0 Å². The third-order valence-electron chi connectivity index (χ3n) is 4.42. The summed E-state index contributed by atoms with van der Waals surface area (Å²) in [6, 6.07) is 0. The van der Waals surface area contributed by atoms with Gasteiger partial charge in [-0.1, -0.05) is 52.9 Å². The first kappa shape index (κ1) is 16.1. The average Bonchev–Trinajstić information content (AvgIpc) is 2.43. The topological polar surface area (TPSA) is 63.8 Å². The zero-order valence-electron chi connectivity index (χ0n) is 14.0. The molecule has 3 N–H and O–H groups in total. The monoisotopic (exact) mass is 290 g/mol. The minimum Gasteiger partial charge on any atom is -0.383 e. The Morgan fingerprint density at radius 1 is 1.14 bits per heavy atom. The van der Waals surface area contributed by atoms with Crippen molar-refractivity contribution in [1.82, 2.24) is 9.97 Å². The van der Waals surface area contributed by atoms with Crippen LogP contribution in [-0.2, 0) is 5.41 Å². The van der Waals surface area contributed by atoms with Crippen LogP contribution in [0.2, 0.25) is 0 Å². The van der Waals surface area contributed by atoms with Crippen molar-refractivity contribution < 1.29 is 0 Å². The summed E-state index contributed by atoms with van der Waals surface area (Å²) in [7, 11) is 0. The van der Waals surface area contributed by atoms with Gasteiger partial charge in [0.05, 0.1) is 0 Å². The van der Waals surface area contributed by atoms with Gasteiger partial charge < -0.3 is 11.1 Å². The number of rotatable bonds is 4. The lowest BCUT2D eigenvalue weighted by molar-refractivity contribution is 0.345. The molecule has 0 unspecified atom stereocenters. The van der Waals surface area contributed by atoms with Crippen LogP contribution in [0.5, 0.6) is 0 Å². The van der Waals surface area contributed by atoms with E-state index < -0.39 is 0 Å². The maximum absolute atomic E-state index is 6.04. The summed E-state index contributed by atoms with van der Waals surface area (Å²) in [6.45, 7) is 9.31. The molecule has 0 spiro atoms. The van der Waals surface area contributed by atoms with Gasteiger partial charge in [0, 0.05) is 17.5 Å². The number of hydrogen-bond donors (Lipinski definition) is 2. The van der Waals surface area contributed by atoms with Gasteiger partial charge in [0.1, 0.15) is 17.5 Å². The highest BCUT2D eigenvalue weighted by atomic mass is 15.1. The Bertz CT molecular complexity index is 470. The Labute approximate surface area is 128 Å². The maximum Gasteiger partial charge on any atom is 0.138 e. The lowest BCUT2D eigenvalue weighted by atomic mass is 9.87. The van der Waals surface area contributed by atoms with Crippen molar-refractivity contribution in [2.24, 2.45) is 5.92 Å². The van der Waals surface area contributed by atoms with Crippen LogP contribution in [-0.4, -0.2) is 16.5 Å². The number of anilines is 2. The Hall–Kier alpha value is -1.32. The number of nitrogens with two attached hydrogens (primary N) is 1. The molecule has 4 nitrogen and oxygen atoms in total. The molecule has 0 aromatic carbocycles.